The third kappa shape index (κ3) is 3.05. The van der Waals surface area contributed by atoms with Gasteiger partial charge in [-0.3, -0.25) is 0 Å². The van der Waals surface area contributed by atoms with E-state index in [1.165, 1.54) is 0 Å². The van der Waals surface area contributed by atoms with Crippen LogP contribution in [-0.4, -0.2) is 23.6 Å². The maximum absolute atomic E-state index is 10.8. The molecule has 0 aliphatic carbocycles. The number of rotatable bonds is 4. The Labute approximate surface area is 74.0 Å². The van der Waals surface area contributed by atoms with Gasteiger partial charge in [-0.1, -0.05) is 13.5 Å². The van der Waals surface area contributed by atoms with E-state index in [1.54, 1.807) is 12.1 Å². The van der Waals surface area contributed by atoms with Crippen molar-refractivity contribution < 1.29 is 9.63 Å². The van der Waals surface area contributed by atoms with Crippen LogP contribution in [0.1, 0.15) is 27.2 Å². The van der Waals surface area contributed by atoms with Gasteiger partial charge in [0.05, 0.1) is 5.54 Å². The van der Waals surface area contributed by atoms with E-state index in [1.807, 2.05) is 20.8 Å². The maximum Gasteiger partial charge on any atom is 0.349 e. The summed E-state index contributed by atoms with van der Waals surface area (Å²) in [7, 11) is 1.74. The van der Waals surface area contributed by atoms with Crippen molar-refractivity contribution in [1.29, 1.82) is 0 Å². The van der Waals surface area contributed by atoms with E-state index < -0.39 is 5.97 Å². The zero-order valence-electron chi connectivity index (χ0n) is 8.26. The van der Waals surface area contributed by atoms with Crippen LogP contribution in [0.15, 0.2) is 12.7 Å². The molecule has 0 N–H and O–H groups in total. The molecule has 0 saturated carbocycles. The highest BCUT2D eigenvalue weighted by molar-refractivity contribution is 5.80. The van der Waals surface area contributed by atoms with Crippen molar-refractivity contribution in [3.05, 3.63) is 12.7 Å². The Morgan fingerprint density at radius 2 is 2.17 bits per heavy atom. The van der Waals surface area contributed by atoms with Gasteiger partial charge in [-0.25, -0.2) is 4.79 Å². The highest BCUT2D eigenvalue weighted by Crippen LogP contribution is 2.16. The van der Waals surface area contributed by atoms with Gasteiger partial charge >= 0.3 is 5.97 Å². The lowest BCUT2D eigenvalue weighted by atomic mass is 10.0. The van der Waals surface area contributed by atoms with Crippen LogP contribution in [0.5, 0.6) is 0 Å². The number of hydrogen-bond donors (Lipinski definition) is 0. The van der Waals surface area contributed by atoms with Gasteiger partial charge in [0.2, 0.25) is 0 Å². The molecular formula is C9H17NO2. The van der Waals surface area contributed by atoms with Crippen LogP contribution < -0.4 is 0 Å². The first-order valence-electron chi connectivity index (χ1n) is 4.02. The average molecular weight is 171 g/mol. The first-order chi connectivity index (χ1) is 5.44. The Balaban J connectivity index is 4.11. The van der Waals surface area contributed by atoms with Crippen molar-refractivity contribution in [2.24, 2.45) is 0 Å². The minimum Gasteiger partial charge on any atom is -0.364 e. The second-order valence-electron chi connectivity index (χ2n) is 3.28. The second kappa shape index (κ2) is 4.26. The summed E-state index contributed by atoms with van der Waals surface area (Å²) in [5.74, 6) is -0.418. The molecule has 0 aliphatic rings. The van der Waals surface area contributed by atoms with E-state index in [0.717, 1.165) is 12.5 Å². The fourth-order valence-corrected chi connectivity index (χ4v) is 0.518. The summed E-state index contributed by atoms with van der Waals surface area (Å²) in [6.07, 6.45) is 2.07. The van der Waals surface area contributed by atoms with Gasteiger partial charge in [-0.2, -0.15) is 0 Å². The highest BCUT2D eigenvalue weighted by Gasteiger charge is 2.23. The summed E-state index contributed by atoms with van der Waals surface area (Å²) in [6.45, 7) is 9.37. The van der Waals surface area contributed by atoms with Crippen LogP contribution >= 0.6 is 0 Å². The third-order valence-electron chi connectivity index (χ3n) is 2.11. The van der Waals surface area contributed by atoms with Crippen molar-refractivity contribution in [3.8, 4) is 0 Å². The van der Waals surface area contributed by atoms with Gasteiger partial charge in [-0.05, 0) is 20.3 Å². The lowest BCUT2D eigenvalue weighted by Crippen LogP contribution is -2.41. The SMILES string of the molecule is C=CC(=O)ON(C)C(C)(C)CC. The standard InChI is InChI=1S/C9H17NO2/c1-6-8(11)12-10(5)9(3,4)7-2/h6H,1,7H2,2-5H3. The lowest BCUT2D eigenvalue weighted by molar-refractivity contribution is -0.201. The van der Waals surface area contributed by atoms with Crippen LogP contribution in [0.2, 0.25) is 0 Å². The molecule has 70 valence electrons. The molecule has 0 saturated heterocycles. The number of nitrogens with zero attached hydrogens (tertiary/aromatic N) is 1. The molecule has 0 radical (unpaired) electrons. The molecule has 0 aromatic heterocycles. The first kappa shape index (κ1) is 11.2. The van der Waals surface area contributed by atoms with E-state index >= 15 is 0 Å². The van der Waals surface area contributed by atoms with Gasteiger partial charge in [0.1, 0.15) is 0 Å². The van der Waals surface area contributed by atoms with Crippen LogP contribution in [-0.2, 0) is 9.63 Å². The molecule has 0 spiro atoms. The minimum atomic E-state index is -0.418. The summed E-state index contributed by atoms with van der Waals surface area (Å²) in [4.78, 5) is 15.7. The van der Waals surface area contributed by atoms with Crippen LogP contribution in [0.4, 0.5) is 0 Å². The van der Waals surface area contributed by atoms with Gasteiger partial charge in [0.15, 0.2) is 0 Å². The van der Waals surface area contributed by atoms with E-state index in [0.29, 0.717) is 0 Å². The molecule has 0 heterocycles. The summed E-state index contributed by atoms with van der Waals surface area (Å²) < 4.78 is 0. The van der Waals surface area contributed by atoms with Gasteiger partial charge in [0.25, 0.3) is 0 Å². The molecule has 0 fully saturated rings. The zero-order valence-corrected chi connectivity index (χ0v) is 8.26. The molecule has 3 heteroatoms. The van der Waals surface area contributed by atoms with Crippen molar-refractivity contribution in [2.75, 3.05) is 7.05 Å². The van der Waals surface area contributed by atoms with E-state index in [-0.39, 0.29) is 5.54 Å². The number of hydrogen-bond acceptors (Lipinski definition) is 3. The van der Waals surface area contributed by atoms with Crippen LogP contribution in [0.3, 0.4) is 0 Å². The first-order valence-corrected chi connectivity index (χ1v) is 4.02. The molecule has 0 amide bonds. The number of carbonyl (C=O) groups excluding carboxylic acids is 1. The predicted octanol–water partition coefficient (Wildman–Crippen LogP) is 1.75. The molecule has 0 aromatic rings. The van der Waals surface area contributed by atoms with Crippen LogP contribution in [0.25, 0.3) is 0 Å². The summed E-state index contributed by atoms with van der Waals surface area (Å²) in [6, 6.07) is 0. The molecule has 0 aromatic carbocycles. The molecular weight excluding hydrogens is 154 g/mol. The molecule has 0 atom stereocenters. The summed E-state index contributed by atoms with van der Waals surface area (Å²) in [5, 5.41) is 1.55. The number of carbonyl (C=O) groups is 1. The largest absolute Gasteiger partial charge is 0.364 e. The quantitative estimate of drug-likeness (QED) is 0.476. The van der Waals surface area contributed by atoms with E-state index in [9.17, 15) is 4.79 Å². The molecule has 0 rings (SSSR count). The monoisotopic (exact) mass is 171 g/mol. The van der Waals surface area contributed by atoms with Crippen molar-refractivity contribution in [1.82, 2.24) is 5.06 Å². The fraction of sp³-hybridized carbons (Fsp3) is 0.667. The zero-order chi connectivity index (χ0) is 9.78. The van der Waals surface area contributed by atoms with E-state index in [4.69, 9.17) is 4.84 Å². The number of hydroxylamine groups is 2. The molecule has 3 nitrogen and oxygen atoms in total. The van der Waals surface area contributed by atoms with Crippen molar-refractivity contribution >= 4 is 5.97 Å². The molecule has 0 bridgehead atoms. The Hall–Kier alpha value is -0.830. The average Bonchev–Trinajstić information content (AvgIpc) is 2.04. The summed E-state index contributed by atoms with van der Waals surface area (Å²) >= 11 is 0. The lowest BCUT2D eigenvalue weighted by Gasteiger charge is -2.32. The second-order valence-corrected chi connectivity index (χ2v) is 3.28. The molecule has 12 heavy (non-hydrogen) atoms. The highest BCUT2D eigenvalue weighted by atomic mass is 16.7. The Bertz CT molecular complexity index is 175. The van der Waals surface area contributed by atoms with E-state index in [2.05, 4.69) is 6.58 Å². The third-order valence-corrected chi connectivity index (χ3v) is 2.11. The molecule has 0 aliphatic heterocycles. The topological polar surface area (TPSA) is 29.5 Å². The maximum atomic E-state index is 10.8. The minimum absolute atomic E-state index is 0.126. The fourth-order valence-electron chi connectivity index (χ4n) is 0.518. The van der Waals surface area contributed by atoms with Gasteiger partial charge in [-0.15, -0.1) is 5.06 Å². The molecule has 0 unspecified atom stereocenters. The van der Waals surface area contributed by atoms with Crippen molar-refractivity contribution in [2.45, 2.75) is 32.7 Å². The Kier molecular flexibility index (Phi) is 3.96. The normalized spacial score (nSPS) is 11.4. The smallest absolute Gasteiger partial charge is 0.349 e. The Morgan fingerprint density at radius 1 is 1.67 bits per heavy atom. The summed E-state index contributed by atoms with van der Waals surface area (Å²) in [5.41, 5.74) is -0.126. The predicted molar refractivity (Wildman–Crippen MR) is 48.4 cm³/mol. The van der Waals surface area contributed by atoms with Crippen LogP contribution in [0, 0.1) is 0 Å². The Morgan fingerprint density at radius 3 is 2.50 bits per heavy atom. The van der Waals surface area contributed by atoms with Gasteiger partial charge < -0.3 is 4.84 Å². The van der Waals surface area contributed by atoms with Crippen molar-refractivity contribution in [3.63, 3.8) is 0 Å². The van der Waals surface area contributed by atoms with Gasteiger partial charge in [0, 0.05) is 13.1 Å².